The first-order valence-electron chi connectivity index (χ1n) is 5.94. The van der Waals surface area contributed by atoms with E-state index in [0.717, 1.165) is 25.9 Å². The van der Waals surface area contributed by atoms with Crippen LogP contribution in [0.3, 0.4) is 0 Å². The van der Waals surface area contributed by atoms with Crippen LogP contribution in [0.15, 0.2) is 0 Å². The Morgan fingerprint density at radius 2 is 1.82 bits per heavy atom. The molecule has 0 spiro atoms. The molecule has 1 rings (SSSR count). The zero-order valence-electron chi connectivity index (χ0n) is 11.2. The number of nitrogens with two attached hydrogens (primary N) is 1. The van der Waals surface area contributed by atoms with Crippen molar-refractivity contribution in [3.63, 3.8) is 0 Å². The first-order chi connectivity index (χ1) is 7.25. The van der Waals surface area contributed by atoms with Crippen LogP contribution in [-0.2, 0) is 9.53 Å². The molecule has 1 unspecified atom stereocenters. The number of halogens is 1. The van der Waals surface area contributed by atoms with Crippen LogP contribution in [0.1, 0.15) is 40.5 Å². The predicted molar refractivity (Wildman–Crippen MR) is 71.3 cm³/mol. The monoisotopic (exact) mass is 264 g/mol. The second-order valence-corrected chi connectivity index (χ2v) is 5.92. The van der Waals surface area contributed by atoms with Gasteiger partial charge in [-0.15, -0.1) is 12.4 Å². The summed E-state index contributed by atoms with van der Waals surface area (Å²) in [6, 6.07) is -0.520. The number of carbonyl (C=O) groups excluding carboxylic acids is 1. The van der Waals surface area contributed by atoms with Gasteiger partial charge in [0.15, 0.2) is 0 Å². The van der Waals surface area contributed by atoms with Crippen LogP contribution in [0.25, 0.3) is 0 Å². The average molecular weight is 265 g/mol. The lowest BCUT2D eigenvalue weighted by Gasteiger charge is -2.38. The van der Waals surface area contributed by atoms with Crippen molar-refractivity contribution >= 4 is 18.4 Å². The fourth-order valence-corrected chi connectivity index (χ4v) is 1.96. The number of nitrogens with one attached hydrogen (secondary N) is 1. The highest BCUT2D eigenvalue weighted by Gasteiger charge is 2.39. The smallest absolute Gasteiger partial charge is 0.323 e. The normalized spacial score (nSPS) is 21.2. The van der Waals surface area contributed by atoms with E-state index in [4.69, 9.17) is 10.5 Å². The molecule has 1 aliphatic heterocycles. The summed E-state index contributed by atoms with van der Waals surface area (Å²) in [4.78, 5) is 11.9. The lowest BCUT2D eigenvalue weighted by molar-refractivity contribution is -0.160. The van der Waals surface area contributed by atoms with Crippen molar-refractivity contribution in [3.8, 4) is 0 Å². The molecule has 0 aliphatic carbocycles. The van der Waals surface area contributed by atoms with Crippen molar-refractivity contribution in [2.75, 3.05) is 13.1 Å². The highest BCUT2D eigenvalue weighted by Crippen LogP contribution is 2.32. The van der Waals surface area contributed by atoms with Crippen molar-refractivity contribution in [3.05, 3.63) is 0 Å². The molecule has 0 aromatic rings. The van der Waals surface area contributed by atoms with E-state index < -0.39 is 11.6 Å². The summed E-state index contributed by atoms with van der Waals surface area (Å²) in [5.74, 6) is -0.281. The van der Waals surface area contributed by atoms with Crippen LogP contribution in [0.5, 0.6) is 0 Å². The number of piperidine rings is 1. The summed E-state index contributed by atoms with van der Waals surface area (Å²) >= 11 is 0. The van der Waals surface area contributed by atoms with E-state index >= 15 is 0 Å². The molecule has 1 atom stereocenters. The fourth-order valence-electron chi connectivity index (χ4n) is 1.96. The summed E-state index contributed by atoms with van der Waals surface area (Å²) in [6.45, 7) is 9.51. The van der Waals surface area contributed by atoms with E-state index in [-0.39, 0.29) is 23.8 Å². The van der Waals surface area contributed by atoms with Gasteiger partial charge in [-0.05, 0) is 52.1 Å². The highest BCUT2D eigenvalue weighted by molar-refractivity contribution is 5.85. The van der Waals surface area contributed by atoms with Crippen molar-refractivity contribution in [1.29, 1.82) is 0 Å². The largest absolute Gasteiger partial charge is 0.459 e. The molecule has 1 heterocycles. The fraction of sp³-hybridized carbons (Fsp3) is 0.917. The minimum atomic E-state index is -0.520. The number of esters is 1. The zero-order chi connectivity index (χ0) is 12.4. The van der Waals surface area contributed by atoms with Gasteiger partial charge in [0.1, 0.15) is 11.6 Å². The maximum Gasteiger partial charge on any atom is 0.323 e. The summed E-state index contributed by atoms with van der Waals surface area (Å²) in [5.41, 5.74) is 5.44. The van der Waals surface area contributed by atoms with Gasteiger partial charge < -0.3 is 15.8 Å². The van der Waals surface area contributed by atoms with Crippen molar-refractivity contribution in [2.45, 2.75) is 52.2 Å². The van der Waals surface area contributed by atoms with Gasteiger partial charge in [-0.2, -0.15) is 0 Å². The second-order valence-electron chi connectivity index (χ2n) is 5.92. The minimum absolute atomic E-state index is 0. The Morgan fingerprint density at radius 1 is 1.35 bits per heavy atom. The molecule has 17 heavy (non-hydrogen) atoms. The number of rotatable bonds is 2. The van der Waals surface area contributed by atoms with Crippen molar-refractivity contribution in [2.24, 2.45) is 11.1 Å². The third-order valence-corrected chi connectivity index (χ3v) is 3.16. The molecule has 0 bridgehead atoms. The summed E-state index contributed by atoms with van der Waals surface area (Å²) in [5, 5.41) is 3.27. The molecule has 1 aliphatic rings. The molecule has 1 fully saturated rings. The maximum absolute atomic E-state index is 11.9. The second kappa shape index (κ2) is 6.03. The van der Waals surface area contributed by atoms with E-state index in [2.05, 4.69) is 12.2 Å². The lowest BCUT2D eigenvalue weighted by atomic mass is 9.75. The van der Waals surface area contributed by atoms with Crippen LogP contribution in [0.4, 0.5) is 0 Å². The Bertz CT molecular complexity index is 258. The van der Waals surface area contributed by atoms with E-state index in [1.54, 1.807) is 0 Å². The van der Waals surface area contributed by atoms with Crippen LogP contribution in [-0.4, -0.2) is 30.7 Å². The van der Waals surface area contributed by atoms with E-state index in [1.807, 2.05) is 20.8 Å². The molecule has 3 N–H and O–H groups in total. The van der Waals surface area contributed by atoms with Crippen LogP contribution < -0.4 is 11.1 Å². The molecule has 0 amide bonds. The molecule has 5 heteroatoms. The first-order valence-corrected chi connectivity index (χ1v) is 5.94. The Labute approximate surface area is 110 Å². The molecular formula is C12H25ClN2O2. The molecule has 0 aromatic heterocycles. The van der Waals surface area contributed by atoms with E-state index in [9.17, 15) is 4.79 Å². The number of hydrogen-bond acceptors (Lipinski definition) is 4. The Kier molecular flexibility index (Phi) is 5.91. The topological polar surface area (TPSA) is 64.3 Å². The molecule has 102 valence electrons. The van der Waals surface area contributed by atoms with E-state index in [0.29, 0.717) is 0 Å². The third-order valence-electron chi connectivity index (χ3n) is 3.16. The maximum atomic E-state index is 11.9. The van der Waals surface area contributed by atoms with Gasteiger partial charge in [-0.25, -0.2) is 0 Å². The van der Waals surface area contributed by atoms with Gasteiger partial charge in [-0.1, -0.05) is 6.92 Å². The van der Waals surface area contributed by atoms with Crippen LogP contribution >= 0.6 is 12.4 Å². The van der Waals surface area contributed by atoms with Gasteiger partial charge in [0, 0.05) is 0 Å². The van der Waals surface area contributed by atoms with Gasteiger partial charge in [-0.3, -0.25) is 4.79 Å². The van der Waals surface area contributed by atoms with Crippen molar-refractivity contribution in [1.82, 2.24) is 5.32 Å². The molecule has 1 saturated heterocycles. The summed E-state index contributed by atoms with van der Waals surface area (Å²) in [7, 11) is 0. The Balaban J connectivity index is 0.00000256. The first kappa shape index (κ1) is 16.7. The standard InChI is InChI=1S/C12H24N2O2.ClH/c1-11(2,3)16-10(15)9(13)12(4)5-7-14-8-6-12;/h9,14H,5-8,13H2,1-4H3;1H. The molecular weight excluding hydrogens is 240 g/mol. The molecule has 0 radical (unpaired) electrons. The predicted octanol–water partition coefficient (Wildman–Crippen LogP) is 1.47. The molecule has 0 aromatic carbocycles. The quantitative estimate of drug-likeness (QED) is 0.742. The van der Waals surface area contributed by atoms with Crippen LogP contribution in [0, 0.1) is 5.41 Å². The van der Waals surface area contributed by atoms with E-state index in [1.165, 1.54) is 0 Å². The lowest BCUT2D eigenvalue weighted by Crippen LogP contribution is -2.52. The van der Waals surface area contributed by atoms with Crippen molar-refractivity contribution < 1.29 is 9.53 Å². The summed E-state index contributed by atoms with van der Waals surface area (Å²) in [6.07, 6.45) is 1.85. The molecule has 4 nitrogen and oxygen atoms in total. The Morgan fingerprint density at radius 3 is 2.24 bits per heavy atom. The Hall–Kier alpha value is -0.320. The van der Waals surface area contributed by atoms with Gasteiger partial charge in [0.25, 0.3) is 0 Å². The minimum Gasteiger partial charge on any atom is -0.459 e. The average Bonchev–Trinajstić information content (AvgIpc) is 2.15. The SMILES string of the molecule is CC(C)(C)OC(=O)C(N)C1(C)CCNCC1.Cl. The number of ether oxygens (including phenoxy) is 1. The number of carbonyl (C=O) groups is 1. The third kappa shape index (κ3) is 4.82. The van der Waals surface area contributed by atoms with Gasteiger partial charge in [0.05, 0.1) is 0 Å². The molecule has 0 saturated carbocycles. The number of hydrogen-bond donors (Lipinski definition) is 2. The van der Waals surface area contributed by atoms with Gasteiger partial charge >= 0.3 is 5.97 Å². The van der Waals surface area contributed by atoms with Gasteiger partial charge in [0.2, 0.25) is 0 Å². The highest BCUT2D eigenvalue weighted by atomic mass is 35.5. The van der Waals surface area contributed by atoms with Crippen LogP contribution in [0.2, 0.25) is 0 Å². The zero-order valence-corrected chi connectivity index (χ0v) is 12.0. The summed E-state index contributed by atoms with van der Waals surface area (Å²) < 4.78 is 5.33.